The van der Waals surface area contributed by atoms with E-state index in [1.54, 1.807) is 0 Å². The lowest BCUT2D eigenvalue weighted by atomic mass is 9.96. The average molecular weight is 601 g/mol. The molecule has 0 spiro atoms. The van der Waals surface area contributed by atoms with Crippen LogP contribution in [0.2, 0.25) is 0 Å². The average Bonchev–Trinajstić information content (AvgIpc) is 3.67. The Bertz CT molecular complexity index is 2870. The van der Waals surface area contributed by atoms with Crippen molar-refractivity contribution in [2.45, 2.75) is 0 Å². The van der Waals surface area contributed by atoms with E-state index in [1.165, 1.54) is 5.39 Å². The highest BCUT2D eigenvalue weighted by Crippen LogP contribution is 2.33. The first-order chi connectivity index (χ1) is 23.2. The van der Waals surface area contributed by atoms with Crippen LogP contribution in [0.15, 0.2) is 146 Å². The van der Waals surface area contributed by atoms with Gasteiger partial charge in [-0.2, -0.15) is 5.26 Å². The number of nitriles is 1. The monoisotopic (exact) mass is 600 g/mol. The Morgan fingerprint density at radius 2 is 1.02 bits per heavy atom. The second-order valence-electron chi connectivity index (χ2n) is 11.9. The Morgan fingerprint density at radius 1 is 0.468 bits per heavy atom. The quantitative estimate of drug-likeness (QED) is 0.186. The smallest absolute Gasteiger partial charge is 0.223 e. The van der Waals surface area contributed by atoms with E-state index in [0.29, 0.717) is 5.56 Å². The SMILES string of the molecule is N#Cc1ccc2c(ccc3cc(-c4cccc(-n5c6nc7ccccc7n6c6ccccc6n6c7ccccc7nc56)c4)ccc32)c1. The molecule has 218 valence electrons. The van der Waals surface area contributed by atoms with Gasteiger partial charge in [0.05, 0.1) is 50.4 Å². The zero-order valence-corrected chi connectivity index (χ0v) is 25.0. The van der Waals surface area contributed by atoms with Crippen LogP contribution in [-0.2, 0) is 0 Å². The van der Waals surface area contributed by atoms with Gasteiger partial charge >= 0.3 is 0 Å². The van der Waals surface area contributed by atoms with E-state index in [9.17, 15) is 5.26 Å². The van der Waals surface area contributed by atoms with Crippen molar-refractivity contribution >= 4 is 66.2 Å². The molecular formula is C41H24N6. The highest BCUT2D eigenvalue weighted by atomic mass is 15.3. The van der Waals surface area contributed by atoms with Crippen molar-refractivity contribution in [3.05, 3.63) is 151 Å². The summed E-state index contributed by atoms with van der Waals surface area (Å²) < 4.78 is 6.68. The second-order valence-corrected chi connectivity index (χ2v) is 11.9. The van der Waals surface area contributed by atoms with Crippen LogP contribution in [-0.4, -0.2) is 23.3 Å². The second kappa shape index (κ2) is 9.64. The van der Waals surface area contributed by atoms with Gasteiger partial charge in [0.15, 0.2) is 0 Å². The molecule has 7 aromatic carbocycles. The summed E-state index contributed by atoms with van der Waals surface area (Å²) in [6.45, 7) is 0. The molecule has 0 amide bonds. The largest absolute Gasteiger partial charge is 0.276 e. The first-order valence-corrected chi connectivity index (χ1v) is 15.6. The third-order valence-electron chi connectivity index (χ3n) is 9.25. The number of rotatable bonds is 2. The fraction of sp³-hybridized carbons (Fsp3) is 0. The standard InChI is InChI=1S/C41H24N6/c42-25-26-16-20-32-29(22-26)17-18-30-23-28(19-21-33(30)32)27-8-7-9-31(24-27)45-40-43-34-10-1-3-12-36(34)46(40)38-14-5-6-15-39(38)47-37-13-4-2-11-35(37)44-41(45)47/h1-24H. The molecule has 3 aromatic heterocycles. The van der Waals surface area contributed by atoms with Gasteiger partial charge in [0.2, 0.25) is 11.6 Å². The number of aromatic nitrogens is 5. The van der Waals surface area contributed by atoms with Crippen molar-refractivity contribution in [3.63, 3.8) is 0 Å². The number of fused-ring (bicyclic) bond motifs is 12. The molecule has 0 saturated carbocycles. The van der Waals surface area contributed by atoms with Crippen LogP contribution in [0, 0.1) is 11.3 Å². The van der Waals surface area contributed by atoms with Gasteiger partial charge in [0.1, 0.15) is 0 Å². The molecule has 0 saturated heterocycles. The summed E-state index contributed by atoms with van der Waals surface area (Å²) in [5.41, 5.74) is 9.85. The molecular weight excluding hydrogens is 576 g/mol. The van der Waals surface area contributed by atoms with Crippen molar-refractivity contribution in [3.8, 4) is 22.9 Å². The molecule has 6 heteroatoms. The molecule has 47 heavy (non-hydrogen) atoms. The maximum atomic E-state index is 9.37. The van der Waals surface area contributed by atoms with Gasteiger partial charge < -0.3 is 0 Å². The summed E-state index contributed by atoms with van der Waals surface area (Å²) >= 11 is 0. The molecule has 6 nitrogen and oxygen atoms in total. The topological polar surface area (TPSA) is 63.3 Å². The molecule has 0 radical (unpaired) electrons. The lowest BCUT2D eigenvalue weighted by Gasteiger charge is -2.11. The minimum absolute atomic E-state index is 0.670. The van der Waals surface area contributed by atoms with Crippen molar-refractivity contribution in [2.24, 2.45) is 0 Å². The Kier molecular flexibility index (Phi) is 5.25. The number of para-hydroxylation sites is 6. The number of nitrogens with zero attached hydrogens (tertiary/aromatic N) is 6. The fourth-order valence-electron chi connectivity index (χ4n) is 7.11. The first-order valence-electron chi connectivity index (χ1n) is 15.6. The van der Waals surface area contributed by atoms with Crippen LogP contribution in [0.5, 0.6) is 0 Å². The number of hydrogen-bond acceptors (Lipinski definition) is 3. The van der Waals surface area contributed by atoms with E-state index in [1.807, 2.05) is 30.3 Å². The van der Waals surface area contributed by atoms with Crippen molar-refractivity contribution in [2.75, 3.05) is 0 Å². The summed E-state index contributed by atoms with van der Waals surface area (Å²) in [4.78, 5) is 10.5. The molecule has 0 aliphatic heterocycles. The molecule has 10 rings (SSSR count). The predicted molar refractivity (Wildman–Crippen MR) is 190 cm³/mol. The van der Waals surface area contributed by atoms with E-state index >= 15 is 0 Å². The maximum absolute atomic E-state index is 9.37. The molecule has 0 bridgehead atoms. The molecule has 10 aromatic rings. The number of benzene rings is 7. The highest BCUT2D eigenvalue weighted by Gasteiger charge is 2.19. The van der Waals surface area contributed by atoms with Gasteiger partial charge in [0.25, 0.3) is 0 Å². The minimum Gasteiger partial charge on any atom is -0.276 e. The Labute approximate surface area is 268 Å². The zero-order valence-electron chi connectivity index (χ0n) is 25.0. The van der Waals surface area contributed by atoms with Gasteiger partial charge in [-0.05, 0) is 99.4 Å². The van der Waals surface area contributed by atoms with Crippen LogP contribution in [0.25, 0.3) is 83.0 Å². The number of hydrogen-bond donors (Lipinski definition) is 0. The number of imidazole rings is 2. The van der Waals surface area contributed by atoms with Gasteiger partial charge in [-0.15, -0.1) is 0 Å². The van der Waals surface area contributed by atoms with Crippen LogP contribution >= 0.6 is 0 Å². The minimum atomic E-state index is 0.670. The van der Waals surface area contributed by atoms with E-state index in [0.717, 1.165) is 77.6 Å². The molecule has 0 atom stereocenters. The third-order valence-corrected chi connectivity index (χ3v) is 9.25. The first kappa shape index (κ1) is 25.6. The van der Waals surface area contributed by atoms with E-state index < -0.39 is 0 Å². The summed E-state index contributed by atoms with van der Waals surface area (Å²) in [5.74, 6) is 1.57. The molecule has 0 aliphatic rings. The zero-order chi connectivity index (χ0) is 31.1. The van der Waals surface area contributed by atoms with E-state index in [2.05, 4.69) is 135 Å². The molecule has 0 aliphatic carbocycles. The van der Waals surface area contributed by atoms with Crippen LogP contribution < -0.4 is 0 Å². The fourth-order valence-corrected chi connectivity index (χ4v) is 7.11. The highest BCUT2D eigenvalue weighted by molar-refractivity contribution is 6.08. The Morgan fingerprint density at radius 3 is 1.66 bits per heavy atom. The lowest BCUT2D eigenvalue weighted by Crippen LogP contribution is -2.02. The normalized spacial score (nSPS) is 11.8. The Balaban J connectivity index is 1.28. The van der Waals surface area contributed by atoms with Crippen molar-refractivity contribution in [1.29, 1.82) is 5.26 Å². The van der Waals surface area contributed by atoms with Crippen LogP contribution in [0.3, 0.4) is 0 Å². The predicted octanol–water partition coefficient (Wildman–Crippen LogP) is 9.64. The summed E-state index contributed by atoms with van der Waals surface area (Å²) in [5, 5.41) is 13.9. The van der Waals surface area contributed by atoms with Crippen molar-refractivity contribution < 1.29 is 0 Å². The Hall–Kier alpha value is -6.71. The van der Waals surface area contributed by atoms with Crippen molar-refractivity contribution in [1.82, 2.24) is 23.3 Å². The third kappa shape index (κ3) is 3.71. The van der Waals surface area contributed by atoms with Crippen LogP contribution in [0.1, 0.15) is 5.56 Å². The summed E-state index contributed by atoms with van der Waals surface area (Å²) in [6, 6.07) is 52.7. The lowest BCUT2D eigenvalue weighted by molar-refractivity contribution is 1.03. The van der Waals surface area contributed by atoms with Gasteiger partial charge in [0, 0.05) is 0 Å². The van der Waals surface area contributed by atoms with Gasteiger partial charge in [-0.3, -0.25) is 8.80 Å². The molecule has 3 heterocycles. The van der Waals surface area contributed by atoms with Gasteiger partial charge in [-0.1, -0.05) is 78.9 Å². The van der Waals surface area contributed by atoms with E-state index in [4.69, 9.17) is 9.97 Å². The molecule has 0 unspecified atom stereocenters. The summed E-state index contributed by atoms with van der Waals surface area (Å²) in [6.07, 6.45) is 0. The van der Waals surface area contributed by atoms with Crippen LogP contribution in [0.4, 0.5) is 0 Å². The van der Waals surface area contributed by atoms with E-state index in [-0.39, 0.29) is 0 Å². The summed E-state index contributed by atoms with van der Waals surface area (Å²) in [7, 11) is 0. The van der Waals surface area contributed by atoms with Gasteiger partial charge in [-0.25, -0.2) is 14.5 Å². The molecule has 0 fully saturated rings. The maximum Gasteiger partial charge on any atom is 0.223 e. The molecule has 0 N–H and O–H groups in total.